The molecule has 2 aromatic carbocycles. The number of ether oxygens (including phenoxy) is 1. The van der Waals surface area contributed by atoms with Crippen LogP contribution in [-0.2, 0) is 26.8 Å². The molecule has 0 aromatic heterocycles. The van der Waals surface area contributed by atoms with Gasteiger partial charge in [0.25, 0.3) is 0 Å². The van der Waals surface area contributed by atoms with Crippen LogP contribution in [0.25, 0.3) is 0 Å². The van der Waals surface area contributed by atoms with Crippen molar-refractivity contribution in [2.75, 3.05) is 6.61 Å². The summed E-state index contributed by atoms with van der Waals surface area (Å²) in [6.45, 7) is 13.8. The Morgan fingerprint density at radius 1 is 0.882 bits per heavy atom. The van der Waals surface area contributed by atoms with Gasteiger partial charge in [-0.25, -0.2) is 0 Å². The van der Waals surface area contributed by atoms with E-state index in [9.17, 15) is 9.59 Å². The van der Waals surface area contributed by atoms with Crippen molar-refractivity contribution in [3.63, 3.8) is 0 Å². The Morgan fingerprint density at radius 2 is 1.50 bits per heavy atom. The third kappa shape index (κ3) is 8.05. The van der Waals surface area contributed by atoms with E-state index in [2.05, 4.69) is 70.6 Å². The van der Waals surface area contributed by atoms with Gasteiger partial charge in [-0.15, -0.1) is 0 Å². The van der Waals surface area contributed by atoms with Gasteiger partial charge in [0.15, 0.2) is 0 Å². The first-order valence-corrected chi connectivity index (χ1v) is 12.5. The van der Waals surface area contributed by atoms with Crippen LogP contribution in [-0.4, -0.2) is 18.4 Å². The van der Waals surface area contributed by atoms with Gasteiger partial charge >= 0.3 is 0 Å². The summed E-state index contributed by atoms with van der Waals surface area (Å²) < 4.78 is 6.11. The van der Waals surface area contributed by atoms with E-state index in [4.69, 9.17) is 16.3 Å². The van der Waals surface area contributed by atoms with Gasteiger partial charge in [0.1, 0.15) is 5.75 Å². The van der Waals surface area contributed by atoms with E-state index >= 15 is 0 Å². The molecule has 5 nitrogen and oxygen atoms in total. The molecular formula is C28H39ClN2O3. The van der Waals surface area contributed by atoms with E-state index in [0.717, 1.165) is 24.2 Å². The molecular weight excluding hydrogens is 448 g/mol. The Hall–Kier alpha value is -2.53. The number of amides is 2. The number of rotatable bonds is 11. The highest BCUT2D eigenvalue weighted by Crippen LogP contribution is 2.38. The van der Waals surface area contributed by atoms with Gasteiger partial charge in [0.2, 0.25) is 11.8 Å². The van der Waals surface area contributed by atoms with Gasteiger partial charge in [-0.1, -0.05) is 77.4 Å². The molecule has 34 heavy (non-hydrogen) atoms. The quantitative estimate of drug-likeness (QED) is 0.291. The average Bonchev–Trinajstić information content (AvgIpc) is 2.81. The van der Waals surface area contributed by atoms with Gasteiger partial charge in [-0.3, -0.25) is 20.4 Å². The zero-order valence-electron chi connectivity index (χ0n) is 21.4. The third-order valence-corrected chi connectivity index (χ3v) is 6.93. The molecule has 0 atom stereocenters. The maximum absolute atomic E-state index is 12.1. The van der Waals surface area contributed by atoms with Gasteiger partial charge in [-0.2, -0.15) is 0 Å². The molecule has 0 aliphatic carbocycles. The van der Waals surface area contributed by atoms with Crippen LogP contribution in [0.3, 0.4) is 0 Å². The smallest absolute Gasteiger partial charge is 0.242 e. The molecule has 2 N–H and O–H groups in total. The van der Waals surface area contributed by atoms with E-state index in [1.165, 1.54) is 11.1 Å². The highest BCUT2D eigenvalue weighted by molar-refractivity contribution is 6.30. The number of benzene rings is 2. The Bertz CT molecular complexity index is 968. The molecule has 0 aliphatic rings. The van der Waals surface area contributed by atoms with E-state index in [1.54, 1.807) is 24.3 Å². The third-order valence-electron chi connectivity index (χ3n) is 6.68. The Balaban J connectivity index is 1.85. The summed E-state index contributed by atoms with van der Waals surface area (Å²) >= 11 is 5.85. The Labute approximate surface area is 209 Å². The molecule has 6 heteroatoms. The first kappa shape index (κ1) is 27.7. The number of hydrazine groups is 1. The minimum absolute atomic E-state index is 0.0130. The fraction of sp³-hybridized carbons (Fsp3) is 0.500. The molecule has 0 unspecified atom stereocenters. The fourth-order valence-corrected chi connectivity index (χ4v) is 3.57. The summed E-state index contributed by atoms with van der Waals surface area (Å²) in [5.41, 5.74) is 8.35. The normalized spacial score (nSPS) is 11.7. The lowest BCUT2D eigenvalue weighted by atomic mass is 9.76. The predicted octanol–water partition coefficient (Wildman–Crippen LogP) is 6.26. The van der Waals surface area contributed by atoms with Crippen LogP contribution in [0, 0.1) is 0 Å². The maximum Gasteiger partial charge on any atom is 0.242 e. The van der Waals surface area contributed by atoms with Crippen LogP contribution < -0.4 is 15.6 Å². The molecule has 0 aliphatic heterocycles. The number of hydrogen-bond donors (Lipinski definition) is 2. The number of halogens is 1. The number of carbonyl (C=O) groups excluding carboxylic acids is 2. The van der Waals surface area contributed by atoms with E-state index in [1.807, 2.05) is 0 Å². The first-order valence-electron chi connectivity index (χ1n) is 12.1. The van der Waals surface area contributed by atoms with Crippen molar-refractivity contribution in [2.24, 2.45) is 0 Å². The molecule has 186 valence electrons. The van der Waals surface area contributed by atoms with Crippen LogP contribution in [0.4, 0.5) is 0 Å². The second-order valence-corrected chi connectivity index (χ2v) is 10.5. The summed E-state index contributed by atoms with van der Waals surface area (Å²) in [5, 5.41) is 0.616. The predicted molar refractivity (Wildman–Crippen MR) is 139 cm³/mol. The molecule has 0 radical (unpaired) electrons. The molecule has 2 amide bonds. The van der Waals surface area contributed by atoms with Gasteiger partial charge in [0, 0.05) is 17.0 Å². The van der Waals surface area contributed by atoms with E-state index < -0.39 is 0 Å². The SMILES string of the molecule is CCC(C)(C)c1ccc(OCCCC(=O)NNC(=O)Cc2ccc(Cl)cc2)c(C(C)(C)CC)c1. The number of nitrogens with one attached hydrogen (secondary N) is 2. The van der Waals surface area contributed by atoms with Gasteiger partial charge in [0.05, 0.1) is 13.0 Å². The second kappa shape index (κ2) is 12.3. The zero-order chi connectivity index (χ0) is 25.4. The fourth-order valence-electron chi connectivity index (χ4n) is 3.45. The summed E-state index contributed by atoms with van der Waals surface area (Å²) in [7, 11) is 0. The van der Waals surface area contributed by atoms with Crippen molar-refractivity contribution >= 4 is 23.4 Å². The lowest BCUT2D eigenvalue weighted by Gasteiger charge is -2.30. The van der Waals surface area contributed by atoms with Crippen molar-refractivity contribution in [2.45, 2.75) is 84.5 Å². The molecule has 0 bridgehead atoms. The van der Waals surface area contributed by atoms with Crippen LogP contribution in [0.1, 0.15) is 83.9 Å². The van der Waals surface area contributed by atoms with E-state index in [0.29, 0.717) is 18.1 Å². The van der Waals surface area contributed by atoms with E-state index in [-0.39, 0.29) is 35.5 Å². The summed E-state index contributed by atoms with van der Waals surface area (Å²) in [6, 6.07) is 13.5. The van der Waals surface area contributed by atoms with Crippen LogP contribution in [0.5, 0.6) is 5.75 Å². The lowest BCUT2D eigenvalue weighted by Crippen LogP contribution is -2.42. The van der Waals surface area contributed by atoms with Crippen molar-refractivity contribution in [1.29, 1.82) is 0 Å². The summed E-state index contributed by atoms with van der Waals surface area (Å²) in [5.74, 6) is 0.342. The zero-order valence-corrected chi connectivity index (χ0v) is 22.1. The first-order chi connectivity index (χ1) is 16.0. The number of hydrogen-bond acceptors (Lipinski definition) is 3. The highest BCUT2D eigenvalue weighted by atomic mass is 35.5. The van der Waals surface area contributed by atoms with Crippen molar-refractivity contribution in [1.82, 2.24) is 10.9 Å². The molecule has 0 heterocycles. The summed E-state index contributed by atoms with van der Waals surface area (Å²) in [6.07, 6.45) is 3.03. The average molecular weight is 487 g/mol. The molecule has 2 rings (SSSR count). The molecule has 2 aromatic rings. The monoisotopic (exact) mass is 486 g/mol. The van der Waals surface area contributed by atoms with Gasteiger partial charge in [-0.05, 0) is 59.4 Å². The van der Waals surface area contributed by atoms with Gasteiger partial charge < -0.3 is 4.74 Å². The molecule has 0 saturated carbocycles. The van der Waals surface area contributed by atoms with Crippen molar-refractivity contribution in [3.05, 3.63) is 64.2 Å². The Morgan fingerprint density at radius 3 is 2.12 bits per heavy atom. The minimum atomic E-state index is -0.284. The summed E-state index contributed by atoms with van der Waals surface area (Å²) in [4.78, 5) is 24.1. The highest BCUT2D eigenvalue weighted by Gasteiger charge is 2.26. The van der Waals surface area contributed by atoms with Crippen LogP contribution in [0.2, 0.25) is 5.02 Å². The topological polar surface area (TPSA) is 67.4 Å². The minimum Gasteiger partial charge on any atom is -0.493 e. The van der Waals surface area contributed by atoms with Crippen LogP contribution in [0.15, 0.2) is 42.5 Å². The van der Waals surface area contributed by atoms with Crippen LogP contribution >= 0.6 is 11.6 Å². The number of carbonyl (C=O) groups is 2. The molecule has 0 spiro atoms. The van der Waals surface area contributed by atoms with Crippen molar-refractivity contribution < 1.29 is 14.3 Å². The molecule has 0 saturated heterocycles. The largest absolute Gasteiger partial charge is 0.493 e. The van der Waals surface area contributed by atoms with Crippen molar-refractivity contribution in [3.8, 4) is 5.75 Å². The lowest BCUT2D eigenvalue weighted by molar-refractivity contribution is -0.128. The second-order valence-electron chi connectivity index (χ2n) is 10.0. The standard InChI is InChI=1S/C28H39ClN2O3/c1-7-27(3,4)21-13-16-24(23(19-21)28(5,6)8-2)34-17-9-10-25(32)30-31-26(33)18-20-11-14-22(29)15-12-20/h11-16,19H,7-10,17-18H2,1-6H3,(H,30,32)(H,31,33). The molecule has 0 fully saturated rings. The Kier molecular flexibility index (Phi) is 9.99. The maximum atomic E-state index is 12.1.